The van der Waals surface area contributed by atoms with Crippen LogP contribution in [0.3, 0.4) is 0 Å². The van der Waals surface area contributed by atoms with Gasteiger partial charge >= 0.3 is 0 Å². The second-order valence-electron chi connectivity index (χ2n) is 5.26. The number of aliphatic hydroxyl groups is 1. The second kappa shape index (κ2) is 4.86. The molecule has 100 valence electrons. The Hall–Kier alpha value is -1.13. The van der Waals surface area contributed by atoms with Crippen molar-refractivity contribution < 1.29 is 14.3 Å². The van der Waals surface area contributed by atoms with E-state index in [1.807, 2.05) is 0 Å². The Morgan fingerprint density at radius 3 is 2.39 bits per heavy atom. The van der Waals surface area contributed by atoms with E-state index in [0.717, 1.165) is 6.07 Å². The maximum Gasteiger partial charge on any atom is 0.254 e. The highest BCUT2D eigenvalue weighted by molar-refractivity contribution is 6.31. The first-order valence-electron chi connectivity index (χ1n) is 5.54. The highest BCUT2D eigenvalue weighted by atomic mass is 35.5. The lowest BCUT2D eigenvalue weighted by atomic mass is 9.85. The summed E-state index contributed by atoms with van der Waals surface area (Å²) >= 11 is 5.73. The van der Waals surface area contributed by atoms with Crippen LogP contribution in [-0.4, -0.2) is 22.2 Å². The fourth-order valence-corrected chi connectivity index (χ4v) is 1.35. The second-order valence-corrected chi connectivity index (χ2v) is 5.70. The number of halogens is 2. The standard InChI is InChI=1S/C13H17ClFNO2/c1-12(2,13(3,4)18)16-11(17)9-7-8(14)5-6-10(9)15/h5-7,18H,1-4H3,(H,16,17). The molecule has 0 fully saturated rings. The minimum atomic E-state index is -1.14. The SMILES string of the molecule is CC(C)(O)C(C)(C)NC(=O)c1cc(Cl)ccc1F. The molecule has 0 spiro atoms. The summed E-state index contributed by atoms with van der Waals surface area (Å²) in [7, 11) is 0. The van der Waals surface area contributed by atoms with E-state index in [2.05, 4.69) is 5.32 Å². The van der Waals surface area contributed by atoms with Gasteiger partial charge in [0.2, 0.25) is 0 Å². The van der Waals surface area contributed by atoms with Gasteiger partial charge in [-0.25, -0.2) is 4.39 Å². The molecule has 3 nitrogen and oxygen atoms in total. The van der Waals surface area contributed by atoms with Crippen molar-refractivity contribution in [3.63, 3.8) is 0 Å². The Morgan fingerprint density at radius 1 is 1.33 bits per heavy atom. The van der Waals surface area contributed by atoms with Crippen molar-refractivity contribution in [2.24, 2.45) is 0 Å². The summed E-state index contributed by atoms with van der Waals surface area (Å²) < 4.78 is 13.5. The zero-order chi connectivity index (χ0) is 14.1. The highest BCUT2D eigenvalue weighted by Crippen LogP contribution is 2.22. The van der Waals surface area contributed by atoms with E-state index in [1.165, 1.54) is 12.1 Å². The van der Waals surface area contributed by atoms with Crippen molar-refractivity contribution in [2.45, 2.75) is 38.8 Å². The smallest absolute Gasteiger partial charge is 0.254 e. The van der Waals surface area contributed by atoms with Gasteiger partial charge in [0.05, 0.1) is 16.7 Å². The van der Waals surface area contributed by atoms with E-state index in [-0.39, 0.29) is 10.6 Å². The molecule has 0 unspecified atom stereocenters. The number of carbonyl (C=O) groups is 1. The van der Waals surface area contributed by atoms with Gasteiger partial charge < -0.3 is 10.4 Å². The summed E-state index contributed by atoms with van der Waals surface area (Å²) in [5, 5.41) is 12.8. The van der Waals surface area contributed by atoms with E-state index in [0.29, 0.717) is 0 Å². The third-order valence-corrected chi connectivity index (χ3v) is 3.36. The molecule has 0 aliphatic carbocycles. The average Bonchev–Trinajstić information content (AvgIpc) is 2.19. The van der Waals surface area contributed by atoms with Crippen LogP contribution in [0.15, 0.2) is 18.2 Å². The maximum absolute atomic E-state index is 13.5. The highest BCUT2D eigenvalue weighted by Gasteiger charge is 2.36. The van der Waals surface area contributed by atoms with Gasteiger partial charge in [0.15, 0.2) is 0 Å². The molecule has 18 heavy (non-hydrogen) atoms. The molecule has 0 aliphatic rings. The van der Waals surface area contributed by atoms with Gasteiger partial charge in [0, 0.05) is 5.02 Å². The molecule has 0 radical (unpaired) electrons. The third kappa shape index (κ3) is 3.21. The summed E-state index contributed by atoms with van der Waals surface area (Å²) in [4.78, 5) is 12.0. The topological polar surface area (TPSA) is 49.3 Å². The van der Waals surface area contributed by atoms with Crippen LogP contribution in [0.25, 0.3) is 0 Å². The van der Waals surface area contributed by atoms with Crippen molar-refractivity contribution in [1.29, 1.82) is 0 Å². The van der Waals surface area contributed by atoms with Crippen LogP contribution in [-0.2, 0) is 0 Å². The van der Waals surface area contributed by atoms with E-state index in [1.54, 1.807) is 27.7 Å². The molecule has 0 atom stereocenters. The Kier molecular flexibility index (Phi) is 4.03. The first kappa shape index (κ1) is 14.9. The molecule has 1 amide bonds. The largest absolute Gasteiger partial charge is 0.388 e. The number of amides is 1. The maximum atomic E-state index is 13.5. The quantitative estimate of drug-likeness (QED) is 0.890. The van der Waals surface area contributed by atoms with Crippen molar-refractivity contribution in [3.05, 3.63) is 34.6 Å². The minimum Gasteiger partial charge on any atom is -0.388 e. The molecular weight excluding hydrogens is 257 g/mol. The predicted octanol–water partition coefficient (Wildman–Crippen LogP) is 2.76. The molecule has 5 heteroatoms. The molecule has 1 rings (SSSR count). The average molecular weight is 274 g/mol. The number of rotatable bonds is 3. The number of carbonyl (C=O) groups excluding carboxylic acids is 1. The van der Waals surface area contributed by atoms with Crippen LogP contribution in [0.2, 0.25) is 5.02 Å². The summed E-state index contributed by atoms with van der Waals surface area (Å²) in [6.45, 7) is 6.46. The van der Waals surface area contributed by atoms with Crippen LogP contribution in [0.5, 0.6) is 0 Å². The first-order valence-corrected chi connectivity index (χ1v) is 5.92. The molecule has 0 heterocycles. The van der Waals surface area contributed by atoms with E-state index >= 15 is 0 Å². The Bertz CT molecular complexity index is 467. The Labute approximate surface area is 111 Å². The third-order valence-electron chi connectivity index (χ3n) is 3.13. The summed E-state index contributed by atoms with van der Waals surface area (Å²) in [5.41, 5.74) is -2.18. The lowest BCUT2D eigenvalue weighted by Crippen LogP contribution is -2.57. The fraction of sp³-hybridized carbons (Fsp3) is 0.462. The monoisotopic (exact) mass is 273 g/mol. The zero-order valence-corrected chi connectivity index (χ0v) is 11.6. The fourth-order valence-electron chi connectivity index (χ4n) is 1.18. The molecule has 2 N–H and O–H groups in total. The van der Waals surface area contributed by atoms with Crippen LogP contribution < -0.4 is 5.32 Å². The molecule has 0 bridgehead atoms. The molecule has 1 aromatic carbocycles. The lowest BCUT2D eigenvalue weighted by Gasteiger charge is -2.38. The van der Waals surface area contributed by atoms with E-state index < -0.39 is 22.9 Å². The van der Waals surface area contributed by atoms with Crippen LogP contribution in [0, 0.1) is 5.82 Å². The summed E-state index contributed by atoms with van der Waals surface area (Å²) in [6.07, 6.45) is 0. The molecule has 0 aromatic heterocycles. The van der Waals surface area contributed by atoms with Crippen LogP contribution in [0.1, 0.15) is 38.1 Å². The van der Waals surface area contributed by atoms with Gasteiger partial charge in [-0.15, -0.1) is 0 Å². The van der Waals surface area contributed by atoms with Crippen molar-refractivity contribution in [3.8, 4) is 0 Å². The summed E-state index contributed by atoms with van der Waals surface area (Å²) in [5.74, 6) is -1.26. The van der Waals surface area contributed by atoms with Crippen molar-refractivity contribution >= 4 is 17.5 Å². The molecule has 0 saturated carbocycles. The van der Waals surface area contributed by atoms with Gasteiger partial charge in [-0.05, 0) is 45.9 Å². The first-order chi connectivity index (χ1) is 8.04. The Balaban J connectivity index is 3.00. The molecule has 0 saturated heterocycles. The van der Waals surface area contributed by atoms with Crippen molar-refractivity contribution in [1.82, 2.24) is 5.32 Å². The normalized spacial score (nSPS) is 12.4. The zero-order valence-electron chi connectivity index (χ0n) is 10.8. The van der Waals surface area contributed by atoms with Gasteiger partial charge in [-0.2, -0.15) is 0 Å². The van der Waals surface area contributed by atoms with Crippen molar-refractivity contribution in [2.75, 3.05) is 0 Å². The number of nitrogens with one attached hydrogen (secondary N) is 1. The minimum absolute atomic E-state index is 0.139. The van der Waals surface area contributed by atoms with E-state index in [9.17, 15) is 14.3 Å². The van der Waals surface area contributed by atoms with Gasteiger partial charge in [0.25, 0.3) is 5.91 Å². The molecule has 0 aliphatic heterocycles. The number of hydrogen-bond donors (Lipinski definition) is 2. The Morgan fingerprint density at radius 2 is 1.89 bits per heavy atom. The lowest BCUT2D eigenvalue weighted by molar-refractivity contribution is -0.00300. The van der Waals surface area contributed by atoms with Gasteiger partial charge in [-0.1, -0.05) is 11.6 Å². The van der Waals surface area contributed by atoms with Gasteiger partial charge in [-0.3, -0.25) is 4.79 Å². The number of benzene rings is 1. The number of hydrogen-bond acceptors (Lipinski definition) is 2. The summed E-state index contributed by atoms with van der Waals surface area (Å²) in [6, 6.07) is 3.76. The predicted molar refractivity (Wildman–Crippen MR) is 69.3 cm³/mol. The molecular formula is C13H17ClFNO2. The van der Waals surface area contributed by atoms with Crippen LogP contribution in [0.4, 0.5) is 4.39 Å². The van der Waals surface area contributed by atoms with Crippen LogP contribution >= 0.6 is 11.6 Å². The van der Waals surface area contributed by atoms with Gasteiger partial charge in [0.1, 0.15) is 5.82 Å². The molecule has 1 aromatic rings. The van der Waals surface area contributed by atoms with E-state index in [4.69, 9.17) is 11.6 Å².